The second kappa shape index (κ2) is 6.70. The molecule has 4 N–H and O–H groups in total. The number of hydrogen-bond donors (Lipinski definition) is 2. The van der Waals surface area contributed by atoms with Crippen LogP contribution in [-0.2, 0) is 0 Å². The van der Waals surface area contributed by atoms with Gasteiger partial charge in [-0.25, -0.2) is 4.99 Å². The zero-order chi connectivity index (χ0) is 12.7. The van der Waals surface area contributed by atoms with Crippen LogP contribution >= 0.6 is 0 Å². The van der Waals surface area contributed by atoms with Gasteiger partial charge >= 0.3 is 0 Å². The molecule has 0 aromatic carbocycles. The number of hydrogen-bond acceptors (Lipinski definition) is 1. The van der Waals surface area contributed by atoms with E-state index in [4.69, 9.17) is 11.5 Å². The van der Waals surface area contributed by atoms with E-state index in [1.807, 2.05) is 13.8 Å². The van der Waals surface area contributed by atoms with Crippen LogP contribution in [0.1, 0.15) is 61.3 Å². The van der Waals surface area contributed by atoms with E-state index in [1.54, 1.807) is 0 Å². The summed E-state index contributed by atoms with van der Waals surface area (Å²) in [5.74, 6) is 0.178. The summed E-state index contributed by atoms with van der Waals surface area (Å²) in [5, 5.41) is 0. The van der Waals surface area contributed by atoms with Crippen molar-refractivity contribution in [2.45, 2.75) is 66.8 Å². The second-order valence-electron chi connectivity index (χ2n) is 5.04. The van der Waals surface area contributed by atoms with Gasteiger partial charge in [0, 0.05) is 0 Å². The highest BCUT2D eigenvalue weighted by Gasteiger charge is 2.26. The molecule has 0 radical (unpaired) electrons. The highest BCUT2D eigenvalue weighted by molar-refractivity contribution is 5.76. The summed E-state index contributed by atoms with van der Waals surface area (Å²) in [6.45, 7) is 14.8. The fourth-order valence-electron chi connectivity index (χ4n) is 1.69. The first kappa shape index (κ1) is 16.7. The number of aliphatic imine (C=N–C) groups is 1. The van der Waals surface area contributed by atoms with Gasteiger partial charge in [0.2, 0.25) is 0 Å². The van der Waals surface area contributed by atoms with E-state index in [0.29, 0.717) is 5.41 Å². The molecule has 0 atom stereocenters. The van der Waals surface area contributed by atoms with Crippen molar-refractivity contribution in [3.63, 3.8) is 0 Å². The van der Waals surface area contributed by atoms with Gasteiger partial charge in [-0.05, 0) is 25.7 Å². The van der Waals surface area contributed by atoms with E-state index >= 15 is 0 Å². The molecular weight excluding hydrogens is 186 g/mol. The summed E-state index contributed by atoms with van der Waals surface area (Å²) in [6.07, 6.45) is 2.13. The van der Waals surface area contributed by atoms with Crippen LogP contribution in [0.4, 0.5) is 0 Å². The smallest absolute Gasteiger partial charge is 0.186 e. The number of rotatable bonds is 4. The quantitative estimate of drug-likeness (QED) is 0.559. The van der Waals surface area contributed by atoms with Gasteiger partial charge in [0.1, 0.15) is 0 Å². The molecule has 0 rings (SSSR count). The molecule has 0 unspecified atom stereocenters. The lowest BCUT2D eigenvalue weighted by Crippen LogP contribution is -2.32. The van der Waals surface area contributed by atoms with Crippen LogP contribution in [-0.4, -0.2) is 11.5 Å². The lowest BCUT2D eigenvalue weighted by Gasteiger charge is -2.31. The number of nitrogens with two attached hydrogens (primary N) is 2. The van der Waals surface area contributed by atoms with E-state index in [2.05, 4.69) is 39.6 Å². The summed E-state index contributed by atoms with van der Waals surface area (Å²) >= 11 is 0. The fourth-order valence-corrected chi connectivity index (χ4v) is 1.69. The minimum atomic E-state index is -0.154. The molecule has 0 bridgehead atoms. The van der Waals surface area contributed by atoms with Gasteiger partial charge in [0.15, 0.2) is 5.96 Å². The minimum Gasteiger partial charge on any atom is -0.370 e. The molecule has 15 heavy (non-hydrogen) atoms. The summed E-state index contributed by atoms with van der Waals surface area (Å²) in [5.41, 5.74) is 10.9. The molecule has 0 aliphatic carbocycles. The maximum Gasteiger partial charge on any atom is 0.186 e. The predicted molar refractivity (Wildman–Crippen MR) is 69.9 cm³/mol. The molecule has 92 valence electrons. The van der Waals surface area contributed by atoms with Gasteiger partial charge in [0.25, 0.3) is 0 Å². The fraction of sp³-hybridized carbons (Fsp3) is 0.917. The first-order valence-electron chi connectivity index (χ1n) is 5.79. The third kappa shape index (κ3) is 9.57. The van der Waals surface area contributed by atoms with Crippen molar-refractivity contribution in [2.75, 3.05) is 0 Å². The Morgan fingerprint density at radius 3 is 1.73 bits per heavy atom. The molecule has 0 saturated heterocycles. The Labute approximate surface area is 95.3 Å². The van der Waals surface area contributed by atoms with Crippen molar-refractivity contribution in [3.05, 3.63) is 0 Å². The van der Waals surface area contributed by atoms with Crippen LogP contribution in [0.2, 0.25) is 0 Å². The molecule has 0 fully saturated rings. The standard InChI is InChI=1S/C10H23N3.C2H6/c1-6-9(2,3)7-10(4,5)13-8(11)12;1-2/h6-7H2,1-5H3,(H4,11,12,13);1-2H3. The maximum atomic E-state index is 5.37. The van der Waals surface area contributed by atoms with E-state index in [1.165, 1.54) is 0 Å². The van der Waals surface area contributed by atoms with E-state index < -0.39 is 0 Å². The van der Waals surface area contributed by atoms with E-state index in [-0.39, 0.29) is 11.5 Å². The monoisotopic (exact) mass is 215 g/mol. The lowest BCUT2D eigenvalue weighted by atomic mass is 9.78. The zero-order valence-electron chi connectivity index (χ0n) is 11.5. The molecule has 3 heteroatoms. The van der Waals surface area contributed by atoms with Gasteiger partial charge in [0.05, 0.1) is 5.54 Å². The molecular formula is C12H29N3. The molecule has 0 aliphatic heterocycles. The van der Waals surface area contributed by atoms with Gasteiger partial charge in [-0.3, -0.25) is 0 Å². The number of nitrogens with zero attached hydrogens (tertiary/aromatic N) is 1. The Kier molecular flexibility index (Phi) is 7.45. The third-order valence-corrected chi connectivity index (χ3v) is 2.30. The van der Waals surface area contributed by atoms with Crippen molar-refractivity contribution in [1.82, 2.24) is 0 Å². The normalized spacial score (nSPS) is 11.4. The molecule has 3 nitrogen and oxygen atoms in total. The molecule has 0 spiro atoms. The maximum absolute atomic E-state index is 5.37. The highest BCUT2D eigenvalue weighted by atomic mass is 15.0. The second-order valence-corrected chi connectivity index (χ2v) is 5.04. The van der Waals surface area contributed by atoms with Crippen molar-refractivity contribution >= 4 is 5.96 Å². The first-order chi connectivity index (χ1) is 6.68. The Morgan fingerprint density at radius 2 is 1.47 bits per heavy atom. The largest absolute Gasteiger partial charge is 0.370 e. The Bertz CT molecular complexity index is 189. The Balaban J connectivity index is 0. The number of guanidine groups is 1. The van der Waals surface area contributed by atoms with Crippen LogP contribution in [0, 0.1) is 5.41 Å². The third-order valence-electron chi connectivity index (χ3n) is 2.30. The van der Waals surface area contributed by atoms with Gasteiger partial charge < -0.3 is 11.5 Å². The zero-order valence-corrected chi connectivity index (χ0v) is 11.5. The average molecular weight is 215 g/mol. The molecule has 0 aliphatic rings. The van der Waals surface area contributed by atoms with Crippen molar-refractivity contribution in [3.8, 4) is 0 Å². The van der Waals surface area contributed by atoms with Crippen LogP contribution in [0.3, 0.4) is 0 Å². The Hall–Kier alpha value is -0.730. The first-order valence-corrected chi connectivity index (χ1v) is 5.79. The average Bonchev–Trinajstić information content (AvgIpc) is 2.03. The van der Waals surface area contributed by atoms with E-state index in [9.17, 15) is 0 Å². The molecule has 0 heterocycles. The summed E-state index contributed by atoms with van der Waals surface area (Å²) in [7, 11) is 0. The summed E-state index contributed by atoms with van der Waals surface area (Å²) < 4.78 is 0. The summed E-state index contributed by atoms with van der Waals surface area (Å²) in [6, 6.07) is 0. The predicted octanol–water partition coefficient (Wildman–Crippen LogP) is 2.89. The lowest BCUT2D eigenvalue weighted by molar-refractivity contribution is 0.252. The van der Waals surface area contributed by atoms with E-state index in [0.717, 1.165) is 12.8 Å². The van der Waals surface area contributed by atoms with Crippen molar-refractivity contribution in [1.29, 1.82) is 0 Å². The Morgan fingerprint density at radius 1 is 1.07 bits per heavy atom. The van der Waals surface area contributed by atoms with Gasteiger partial charge in [-0.1, -0.05) is 41.0 Å². The molecule has 0 amide bonds. The minimum absolute atomic E-state index is 0.154. The van der Waals surface area contributed by atoms with Crippen LogP contribution in [0.15, 0.2) is 4.99 Å². The topological polar surface area (TPSA) is 64.4 Å². The summed E-state index contributed by atoms with van der Waals surface area (Å²) in [4.78, 5) is 4.21. The van der Waals surface area contributed by atoms with Crippen molar-refractivity contribution in [2.24, 2.45) is 21.9 Å². The highest BCUT2D eigenvalue weighted by Crippen LogP contribution is 2.32. The van der Waals surface area contributed by atoms with Crippen molar-refractivity contribution < 1.29 is 0 Å². The SMILES string of the molecule is CC.CCC(C)(C)CC(C)(C)N=C(N)N. The van der Waals surface area contributed by atoms with Gasteiger partial charge in [-0.2, -0.15) is 0 Å². The van der Waals surface area contributed by atoms with Gasteiger partial charge in [-0.15, -0.1) is 0 Å². The van der Waals surface area contributed by atoms with Crippen LogP contribution in [0.25, 0.3) is 0 Å². The molecule has 0 saturated carbocycles. The van der Waals surface area contributed by atoms with Crippen LogP contribution in [0.5, 0.6) is 0 Å². The molecule has 0 aromatic rings. The van der Waals surface area contributed by atoms with Crippen LogP contribution < -0.4 is 11.5 Å². The molecule has 0 aromatic heterocycles.